The molecule has 1 atom stereocenters. The molecular formula is C24H33N7O5. The molecule has 4 bridgehead atoms. The highest BCUT2D eigenvalue weighted by Gasteiger charge is 2.51. The minimum Gasteiger partial charge on any atom is -0.394 e. The van der Waals surface area contributed by atoms with E-state index in [0.29, 0.717) is 23.4 Å². The Morgan fingerprint density at radius 2 is 1.58 bits per heavy atom. The maximum absolute atomic E-state index is 12.7. The Labute approximate surface area is 208 Å². The second kappa shape index (κ2) is 10.5. The normalized spacial score (nSPS) is 26.4. The standard InChI is InChI=1S/C24H33N7O5/c25-22(26)28-17-3-1-16(2-4-17)20(34)30-19(33)11-27-21(35)18(12-32)29-23(36)31-24-8-13-5-14(9-24)7-15(6-13)10-24/h1-4,13-15,18,32H,5-12H2,(H,27,35)(H4,25,26,28)(H2,29,31,36)(H,30,33,34)/t13?,14?,15?,18-,24?/m0/s1. The van der Waals surface area contributed by atoms with Crippen LogP contribution in [0.1, 0.15) is 48.9 Å². The Morgan fingerprint density at radius 3 is 2.11 bits per heavy atom. The number of nitrogens with two attached hydrogens (primary N) is 2. The molecule has 0 radical (unpaired) electrons. The van der Waals surface area contributed by atoms with Gasteiger partial charge in [-0.1, -0.05) is 0 Å². The lowest BCUT2D eigenvalue weighted by atomic mass is 9.53. The van der Waals surface area contributed by atoms with Crippen LogP contribution < -0.4 is 32.7 Å². The predicted molar refractivity (Wildman–Crippen MR) is 131 cm³/mol. The molecule has 4 saturated carbocycles. The van der Waals surface area contributed by atoms with E-state index in [4.69, 9.17) is 11.5 Å². The summed E-state index contributed by atoms with van der Waals surface area (Å²) < 4.78 is 0. The van der Waals surface area contributed by atoms with Crippen molar-refractivity contribution in [3.8, 4) is 0 Å². The van der Waals surface area contributed by atoms with Crippen molar-refractivity contribution in [2.24, 2.45) is 34.2 Å². The van der Waals surface area contributed by atoms with Gasteiger partial charge >= 0.3 is 6.03 Å². The number of carbonyl (C=O) groups is 4. The third-order valence-electron chi connectivity index (χ3n) is 7.29. The van der Waals surface area contributed by atoms with Gasteiger partial charge in [0.15, 0.2) is 5.96 Å². The molecule has 4 aliphatic rings. The summed E-state index contributed by atoms with van der Waals surface area (Å²) in [6, 6.07) is 4.16. The third kappa shape index (κ3) is 6.11. The van der Waals surface area contributed by atoms with Gasteiger partial charge in [-0.15, -0.1) is 0 Å². The van der Waals surface area contributed by atoms with E-state index in [9.17, 15) is 24.3 Å². The topological polar surface area (TPSA) is 201 Å². The first-order valence-electron chi connectivity index (χ1n) is 12.2. The Morgan fingerprint density at radius 1 is 1.00 bits per heavy atom. The van der Waals surface area contributed by atoms with E-state index in [0.717, 1.165) is 19.3 Å². The van der Waals surface area contributed by atoms with Crippen molar-refractivity contribution in [3.63, 3.8) is 0 Å². The Hall–Kier alpha value is -3.67. The van der Waals surface area contributed by atoms with Crippen LogP contribution in [0.5, 0.6) is 0 Å². The van der Waals surface area contributed by atoms with Crippen molar-refractivity contribution in [1.82, 2.24) is 21.3 Å². The van der Waals surface area contributed by atoms with E-state index in [2.05, 4.69) is 26.3 Å². The number of hydrogen-bond donors (Lipinski definition) is 7. The maximum atomic E-state index is 12.7. The van der Waals surface area contributed by atoms with Crippen LogP contribution in [0.25, 0.3) is 0 Å². The fourth-order valence-electron chi connectivity index (χ4n) is 6.26. The summed E-state index contributed by atoms with van der Waals surface area (Å²) in [6.07, 6.45) is 6.56. The Bertz CT molecular complexity index is 1020. The van der Waals surface area contributed by atoms with Crippen molar-refractivity contribution in [3.05, 3.63) is 29.8 Å². The maximum Gasteiger partial charge on any atom is 0.315 e. The fraction of sp³-hybridized carbons (Fsp3) is 0.542. The number of nitrogens with zero attached hydrogens (tertiary/aromatic N) is 1. The molecule has 12 nitrogen and oxygen atoms in total. The molecule has 5 rings (SSSR count). The molecule has 1 aromatic rings. The Balaban J connectivity index is 1.22. The number of aliphatic imine (C=N–C) groups is 1. The van der Waals surface area contributed by atoms with Crippen molar-refractivity contribution in [2.75, 3.05) is 13.2 Å². The first-order chi connectivity index (χ1) is 17.1. The average molecular weight is 500 g/mol. The summed E-state index contributed by atoms with van der Waals surface area (Å²) in [5.74, 6) is -0.349. The number of rotatable bonds is 8. The van der Waals surface area contributed by atoms with Gasteiger partial charge in [-0.2, -0.15) is 0 Å². The zero-order valence-corrected chi connectivity index (χ0v) is 20.0. The summed E-state index contributed by atoms with van der Waals surface area (Å²) in [5.41, 5.74) is 11.0. The number of carbonyl (C=O) groups excluding carboxylic acids is 4. The summed E-state index contributed by atoms with van der Waals surface area (Å²) in [6.45, 7) is -1.14. The van der Waals surface area contributed by atoms with Crippen molar-refractivity contribution < 1.29 is 24.3 Å². The van der Waals surface area contributed by atoms with E-state index < -0.39 is 42.9 Å². The minimum absolute atomic E-state index is 0.126. The van der Waals surface area contributed by atoms with Gasteiger partial charge < -0.3 is 32.5 Å². The molecule has 0 saturated heterocycles. The number of amides is 5. The van der Waals surface area contributed by atoms with E-state index in [1.807, 2.05) is 0 Å². The zero-order chi connectivity index (χ0) is 25.9. The molecule has 4 aliphatic carbocycles. The van der Waals surface area contributed by atoms with Crippen molar-refractivity contribution >= 4 is 35.4 Å². The summed E-state index contributed by atoms with van der Waals surface area (Å²) >= 11 is 0. The van der Waals surface area contributed by atoms with E-state index >= 15 is 0 Å². The van der Waals surface area contributed by atoms with Crippen LogP contribution in [0.15, 0.2) is 29.3 Å². The highest BCUT2D eigenvalue weighted by atomic mass is 16.3. The van der Waals surface area contributed by atoms with Crippen LogP contribution >= 0.6 is 0 Å². The number of hydrogen-bond acceptors (Lipinski definition) is 6. The van der Waals surface area contributed by atoms with Gasteiger partial charge in [0.05, 0.1) is 18.8 Å². The number of imide groups is 1. The molecule has 0 aliphatic heterocycles. The van der Waals surface area contributed by atoms with Gasteiger partial charge in [0.2, 0.25) is 11.8 Å². The van der Waals surface area contributed by atoms with Crippen LogP contribution in [0.3, 0.4) is 0 Å². The summed E-state index contributed by atoms with van der Waals surface area (Å²) in [5, 5.41) is 19.7. The lowest BCUT2D eigenvalue weighted by Crippen LogP contribution is -2.63. The molecule has 5 amide bonds. The quantitative estimate of drug-likeness (QED) is 0.186. The van der Waals surface area contributed by atoms with E-state index in [1.54, 1.807) is 0 Å². The highest BCUT2D eigenvalue weighted by Crippen LogP contribution is 2.55. The monoisotopic (exact) mass is 499 g/mol. The molecule has 9 N–H and O–H groups in total. The van der Waals surface area contributed by atoms with Gasteiger partial charge in [0.25, 0.3) is 5.91 Å². The molecule has 12 heteroatoms. The molecule has 194 valence electrons. The predicted octanol–water partition coefficient (Wildman–Crippen LogP) is -0.407. The SMILES string of the molecule is NC(N)=Nc1ccc(C(=O)NC(=O)CNC(=O)[C@H](CO)NC(=O)NC23CC4CC(CC(C4)C2)C3)cc1. The van der Waals surface area contributed by atoms with Gasteiger partial charge in [0, 0.05) is 11.1 Å². The molecule has 0 unspecified atom stereocenters. The van der Waals surface area contributed by atoms with Crippen LogP contribution in [-0.2, 0) is 9.59 Å². The molecule has 36 heavy (non-hydrogen) atoms. The smallest absolute Gasteiger partial charge is 0.315 e. The summed E-state index contributed by atoms with van der Waals surface area (Å²) in [4.78, 5) is 53.3. The van der Waals surface area contributed by atoms with Gasteiger partial charge in [-0.25, -0.2) is 9.79 Å². The number of aliphatic hydroxyl groups is 1. The van der Waals surface area contributed by atoms with Crippen LogP contribution in [-0.4, -0.2) is 59.6 Å². The molecule has 1 aromatic carbocycles. The lowest BCUT2D eigenvalue weighted by molar-refractivity contribution is -0.127. The highest BCUT2D eigenvalue weighted by molar-refractivity contribution is 6.06. The van der Waals surface area contributed by atoms with Crippen LogP contribution in [0.2, 0.25) is 0 Å². The van der Waals surface area contributed by atoms with Crippen LogP contribution in [0, 0.1) is 17.8 Å². The zero-order valence-electron chi connectivity index (χ0n) is 20.0. The van der Waals surface area contributed by atoms with Gasteiger partial charge in [-0.05, 0) is 80.5 Å². The molecule has 4 fully saturated rings. The van der Waals surface area contributed by atoms with Crippen molar-refractivity contribution in [1.29, 1.82) is 0 Å². The van der Waals surface area contributed by atoms with Gasteiger partial charge in [-0.3, -0.25) is 19.7 Å². The number of benzene rings is 1. The minimum atomic E-state index is -1.23. The Kier molecular flexibility index (Phi) is 7.43. The molecule has 0 aromatic heterocycles. The van der Waals surface area contributed by atoms with E-state index in [1.165, 1.54) is 43.5 Å². The second-order valence-corrected chi connectivity index (χ2v) is 10.2. The average Bonchev–Trinajstić information content (AvgIpc) is 2.79. The van der Waals surface area contributed by atoms with E-state index in [-0.39, 0.29) is 17.1 Å². The number of urea groups is 1. The number of guanidine groups is 1. The first-order valence-corrected chi connectivity index (χ1v) is 12.2. The van der Waals surface area contributed by atoms with Crippen LogP contribution in [0.4, 0.5) is 10.5 Å². The third-order valence-corrected chi connectivity index (χ3v) is 7.29. The molecule has 0 heterocycles. The fourth-order valence-corrected chi connectivity index (χ4v) is 6.26. The summed E-state index contributed by atoms with van der Waals surface area (Å²) in [7, 11) is 0. The lowest BCUT2D eigenvalue weighted by Gasteiger charge is -2.56. The second-order valence-electron chi connectivity index (χ2n) is 10.2. The number of nitrogens with one attached hydrogen (secondary N) is 4. The molecular weight excluding hydrogens is 466 g/mol. The van der Waals surface area contributed by atoms with Gasteiger partial charge in [0.1, 0.15) is 6.04 Å². The molecule has 0 spiro atoms. The number of aliphatic hydroxyl groups excluding tert-OH is 1. The first kappa shape index (κ1) is 25.4. The largest absolute Gasteiger partial charge is 0.394 e. The van der Waals surface area contributed by atoms with Crippen molar-refractivity contribution in [2.45, 2.75) is 50.1 Å².